The predicted molar refractivity (Wildman–Crippen MR) is 103 cm³/mol. The molecule has 7 nitrogen and oxygen atoms in total. The third-order valence-electron chi connectivity index (χ3n) is 4.50. The van der Waals surface area contributed by atoms with Crippen molar-refractivity contribution in [2.45, 2.75) is 59.1 Å². The van der Waals surface area contributed by atoms with Crippen LogP contribution in [0.1, 0.15) is 51.7 Å². The Morgan fingerprint density at radius 3 is 2.52 bits per heavy atom. The van der Waals surface area contributed by atoms with Gasteiger partial charge in [0.15, 0.2) is 11.6 Å². The molecule has 2 rings (SSSR count). The van der Waals surface area contributed by atoms with E-state index in [1.54, 1.807) is 6.92 Å². The number of aryl methyl sites for hydroxylation is 1. The van der Waals surface area contributed by atoms with Crippen LogP contribution in [0.15, 0.2) is 30.6 Å². The minimum Gasteiger partial charge on any atom is -0.481 e. The molecule has 0 spiro atoms. The fourth-order valence-corrected chi connectivity index (χ4v) is 2.38. The van der Waals surface area contributed by atoms with Crippen LogP contribution in [-0.2, 0) is 15.1 Å². The lowest BCUT2D eigenvalue weighted by molar-refractivity contribution is -0.146. The summed E-state index contributed by atoms with van der Waals surface area (Å²) in [5.74, 6) is -0.315. The molecular weight excluding hydrogens is 346 g/mol. The second kappa shape index (κ2) is 7.82. The normalized spacial score (nSPS) is 12.7. The largest absolute Gasteiger partial charge is 0.481 e. The number of rotatable bonds is 7. The summed E-state index contributed by atoms with van der Waals surface area (Å²) < 4.78 is 7.15. The van der Waals surface area contributed by atoms with Crippen molar-refractivity contribution in [1.29, 1.82) is 0 Å². The first-order chi connectivity index (χ1) is 12.5. The van der Waals surface area contributed by atoms with Gasteiger partial charge in [0, 0.05) is 6.20 Å². The number of aromatic nitrogens is 2. The van der Waals surface area contributed by atoms with Crippen LogP contribution in [0.25, 0.3) is 0 Å². The van der Waals surface area contributed by atoms with E-state index in [4.69, 9.17) is 4.74 Å². The van der Waals surface area contributed by atoms with Crippen LogP contribution in [-0.4, -0.2) is 32.9 Å². The third-order valence-corrected chi connectivity index (χ3v) is 4.50. The lowest BCUT2D eigenvalue weighted by atomic mass is 10.0. The zero-order valence-corrected chi connectivity index (χ0v) is 16.6. The number of nitrogens with zero attached hydrogens (tertiary/aromatic N) is 2. The van der Waals surface area contributed by atoms with Crippen molar-refractivity contribution in [2.75, 3.05) is 5.32 Å². The van der Waals surface area contributed by atoms with E-state index in [0.29, 0.717) is 17.4 Å². The molecule has 0 aliphatic carbocycles. The van der Waals surface area contributed by atoms with Gasteiger partial charge in [-0.3, -0.25) is 9.48 Å². The van der Waals surface area contributed by atoms with Gasteiger partial charge in [-0.05, 0) is 50.8 Å². The van der Waals surface area contributed by atoms with Gasteiger partial charge in [0.2, 0.25) is 0 Å². The molecule has 2 aromatic rings. The minimum absolute atomic E-state index is 0.336. The van der Waals surface area contributed by atoms with E-state index in [-0.39, 0.29) is 5.91 Å². The summed E-state index contributed by atoms with van der Waals surface area (Å²) in [6.07, 6.45) is 2.19. The zero-order chi connectivity index (χ0) is 20.4. The summed E-state index contributed by atoms with van der Waals surface area (Å²) in [7, 11) is 0. The molecule has 27 heavy (non-hydrogen) atoms. The Hall–Kier alpha value is -2.83. The van der Waals surface area contributed by atoms with E-state index in [2.05, 4.69) is 30.3 Å². The topological polar surface area (TPSA) is 93.5 Å². The molecule has 7 heteroatoms. The smallest absolute Gasteiger partial charge is 0.331 e. The van der Waals surface area contributed by atoms with Gasteiger partial charge < -0.3 is 15.2 Å². The molecule has 0 bridgehead atoms. The van der Waals surface area contributed by atoms with Crippen molar-refractivity contribution < 1.29 is 19.4 Å². The average molecular weight is 373 g/mol. The number of carbonyl (C=O) groups excluding carboxylic acids is 1. The van der Waals surface area contributed by atoms with Gasteiger partial charge in [-0.2, -0.15) is 5.10 Å². The monoisotopic (exact) mass is 373 g/mol. The Bertz CT molecular complexity index is 840. The third kappa shape index (κ3) is 4.67. The van der Waals surface area contributed by atoms with Gasteiger partial charge in [-0.1, -0.05) is 26.0 Å². The summed E-state index contributed by atoms with van der Waals surface area (Å²) in [6.45, 7) is 10.9. The maximum atomic E-state index is 12.5. The molecule has 0 saturated heterocycles. The number of ether oxygens (including phenoxy) is 1. The number of carboxylic acids is 1. The molecule has 0 fully saturated rings. The maximum absolute atomic E-state index is 12.5. The van der Waals surface area contributed by atoms with Gasteiger partial charge in [-0.15, -0.1) is 0 Å². The number of nitrogens with one attached hydrogen (secondary N) is 1. The Kier molecular flexibility index (Phi) is 5.93. The summed E-state index contributed by atoms with van der Waals surface area (Å²) in [5.41, 5.74) is 1.30. The van der Waals surface area contributed by atoms with Gasteiger partial charge in [0.1, 0.15) is 5.75 Å². The van der Waals surface area contributed by atoms with E-state index in [0.717, 1.165) is 11.1 Å². The first kappa shape index (κ1) is 20.5. The molecule has 1 atom stereocenters. The number of anilines is 1. The predicted octanol–water partition coefficient (Wildman–Crippen LogP) is 3.54. The first-order valence-corrected chi connectivity index (χ1v) is 8.89. The SMILES string of the molecule is Cc1ccc(C(C)C)cc1OC(C)C(=O)Nc1cnn(C(C)(C)C(=O)O)c1. The highest BCUT2D eigenvalue weighted by molar-refractivity contribution is 5.94. The van der Waals surface area contributed by atoms with Crippen molar-refractivity contribution in [3.8, 4) is 5.75 Å². The van der Waals surface area contributed by atoms with Crippen LogP contribution in [0.2, 0.25) is 0 Å². The molecule has 0 saturated carbocycles. The number of carbonyl (C=O) groups is 2. The Morgan fingerprint density at radius 1 is 1.26 bits per heavy atom. The number of benzene rings is 1. The van der Waals surface area contributed by atoms with Crippen molar-refractivity contribution in [1.82, 2.24) is 9.78 Å². The summed E-state index contributed by atoms with van der Waals surface area (Å²) in [6, 6.07) is 5.99. The van der Waals surface area contributed by atoms with Crippen LogP contribution in [0.3, 0.4) is 0 Å². The quantitative estimate of drug-likeness (QED) is 0.774. The highest BCUT2D eigenvalue weighted by Crippen LogP contribution is 2.25. The van der Waals surface area contributed by atoms with Gasteiger partial charge in [0.05, 0.1) is 11.9 Å². The molecule has 146 valence electrons. The highest BCUT2D eigenvalue weighted by atomic mass is 16.5. The number of hydrogen-bond donors (Lipinski definition) is 2. The van der Waals surface area contributed by atoms with Crippen molar-refractivity contribution >= 4 is 17.6 Å². The lowest BCUT2D eigenvalue weighted by Gasteiger charge is -2.19. The number of amides is 1. The van der Waals surface area contributed by atoms with Crippen LogP contribution < -0.4 is 10.1 Å². The number of hydrogen-bond acceptors (Lipinski definition) is 4. The lowest BCUT2D eigenvalue weighted by Crippen LogP contribution is -2.36. The summed E-state index contributed by atoms with van der Waals surface area (Å²) in [4.78, 5) is 23.8. The van der Waals surface area contributed by atoms with Gasteiger partial charge >= 0.3 is 5.97 Å². The summed E-state index contributed by atoms with van der Waals surface area (Å²) in [5, 5.41) is 16.0. The molecule has 0 aliphatic heterocycles. The minimum atomic E-state index is -1.21. The molecule has 1 aromatic heterocycles. The van der Waals surface area contributed by atoms with Crippen molar-refractivity contribution in [3.63, 3.8) is 0 Å². The summed E-state index contributed by atoms with van der Waals surface area (Å²) >= 11 is 0. The molecule has 1 aromatic carbocycles. The second-order valence-electron chi connectivity index (χ2n) is 7.47. The molecule has 0 radical (unpaired) electrons. The maximum Gasteiger partial charge on any atom is 0.331 e. The fourth-order valence-electron chi connectivity index (χ4n) is 2.38. The average Bonchev–Trinajstić information content (AvgIpc) is 3.05. The Labute approximate surface area is 159 Å². The van der Waals surface area contributed by atoms with Crippen LogP contribution in [0.5, 0.6) is 5.75 Å². The van der Waals surface area contributed by atoms with E-state index in [1.165, 1.54) is 30.9 Å². The van der Waals surface area contributed by atoms with E-state index in [9.17, 15) is 14.7 Å². The number of carboxylic acid groups (broad SMARTS) is 1. The van der Waals surface area contributed by atoms with Crippen LogP contribution >= 0.6 is 0 Å². The standard InChI is InChI=1S/C20H27N3O4/c1-12(2)15-8-7-13(3)17(9-15)27-14(4)18(24)22-16-10-21-23(11-16)20(5,6)19(25)26/h7-12,14H,1-6H3,(H,22,24)(H,25,26). The molecule has 1 heterocycles. The molecule has 2 N–H and O–H groups in total. The van der Waals surface area contributed by atoms with Crippen LogP contribution in [0.4, 0.5) is 5.69 Å². The van der Waals surface area contributed by atoms with Crippen LogP contribution in [0, 0.1) is 6.92 Å². The molecule has 1 unspecified atom stereocenters. The second-order valence-corrected chi connectivity index (χ2v) is 7.47. The van der Waals surface area contributed by atoms with Crippen molar-refractivity contribution in [2.24, 2.45) is 0 Å². The highest BCUT2D eigenvalue weighted by Gasteiger charge is 2.30. The van der Waals surface area contributed by atoms with Gasteiger partial charge in [0.25, 0.3) is 5.91 Å². The Morgan fingerprint density at radius 2 is 1.93 bits per heavy atom. The van der Waals surface area contributed by atoms with Gasteiger partial charge in [-0.25, -0.2) is 4.79 Å². The molecular formula is C20H27N3O4. The van der Waals surface area contributed by atoms with Crippen molar-refractivity contribution in [3.05, 3.63) is 41.7 Å². The molecule has 0 aliphatic rings. The van der Waals surface area contributed by atoms with E-state index < -0.39 is 17.6 Å². The number of aliphatic carboxylic acids is 1. The first-order valence-electron chi connectivity index (χ1n) is 8.89. The van der Waals surface area contributed by atoms with E-state index >= 15 is 0 Å². The Balaban J connectivity index is 2.08. The van der Waals surface area contributed by atoms with E-state index in [1.807, 2.05) is 19.1 Å². The molecule has 1 amide bonds. The zero-order valence-electron chi connectivity index (χ0n) is 16.6. The fraction of sp³-hybridized carbons (Fsp3) is 0.450.